The molecule has 1 aromatic heterocycles. The van der Waals surface area contributed by atoms with Gasteiger partial charge in [-0.1, -0.05) is 6.07 Å². The summed E-state index contributed by atoms with van der Waals surface area (Å²) in [4.78, 5) is 8.59. The molecule has 0 aliphatic carbocycles. The quantitative estimate of drug-likeness (QED) is 0.375. The first kappa shape index (κ1) is 20.8. The first-order valence-electron chi connectivity index (χ1n) is 9.20. The van der Waals surface area contributed by atoms with Gasteiger partial charge in [-0.3, -0.25) is 4.99 Å². The number of halogens is 2. The molecule has 2 aliphatic rings. The summed E-state index contributed by atoms with van der Waals surface area (Å²) in [7, 11) is 1.77. The Labute approximate surface area is 181 Å². The highest BCUT2D eigenvalue weighted by atomic mass is 127. The van der Waals surface area contributed by atoms with Crippen molar-refractivity contribution < 1.29 is 13.9 Å². The average Bonchev–Trinajstić information content (AvgIpc) is 3.31. The maximum atomic E-state index is 12.9. The van der Waals surface area contributed by atoms with Crippen molar-refractivity contribution in [1.29, 1.82) is 0 Å². The molecule has 0 radical (unpaired) electrons. The number of benzene rings is 1. The van der Waals surface area contributed by atoms with Crippen LogP contribution in [0.1, 0.15) is 24.8 Å². The molecule has 0 amide bonds. The van der Waals surface area contributed by atoms with Crippen LogP contribution < -0.4 is 15.4 Å². The fraction of sp³-hybridized carbons (Fsp3) is 0.400. The molecule has 4 rings (SSSR count). The van der Waals surface area contributed by atoms with E-state index in [0.717, 1.165) is 24.4 Å². The number of aromatic nitrogens is 1. The van der Waals surface area contributed by atoms with Gasteiger partial charge in [0.15, 0.2) is 5.96 Å². The van der Waals surface area contributed by atoms with Crippen LogP contribution in [0.4, 0.5) is 4.39 Å². The third-order valence-electron chi connectivity index (χ3n) is 4.95. The molecule has 6 nitrogen and oxygen atoms in total. The maximum absolute atomic E-state index is 12.9. The van der Waals surface area contributed by atoms with Gasteiger partial charge in [0.2, 0.25) is 5.88 Å². The average molecular weight is 498 g/mol. The first-order chi connectivity index (χ1) is 13.2. The molecule has 2 bridgehead atoms. The maximum Gasteiger partial charge on any atom is 0.219 e. The van der Waals surface area contributed by atoms with Crippen molar-refractivity contribution >= 4 is 29.9 Å². The lowest BCUT2D eigenvalue weighted by atomic mass is 9.96. The second kappa shape index (κ2) is 9.51. The Morgan fingerprint density at radius 3 is 2.68 bits per heavy atom. The smallest absolute Gasteiger partial charge is 0.219 e. The summed E-state index contributed by atoms with van der Waals surface area (Å²) >= 11 is 0. The van der Waals surface area contributed by atoms with E-state index in [4.69, 9.17) is 9.47 Å². The number of aliphatic imine (C=N–C) groups is 1. The van der Waals surface area contributed by atoms with Crippen molar-refractivity contribution in [2.24, 2.45) is 4.99 Å². The molecular formula is C20H24FIN4O2. The van der Waals surface area contributed by atoms with Gasteiger partial charge in [0.1, 0.15) is 11.6 Å². The number of ether oxygens (including phenoxy) is 2. The zero-order valence-corrected chi connectivity index (χ0v) is 17.9. The summed E-state index contributed by atoms with van der Waals surface area (Å²) in [6.07, 6.45) is 5.80. The van der Waals surface area contributed by atoms with E-state index in [1.165, 1.54) is 18.6 Å². The highest BCUT2D eigenvalue weighted by Gasteiger charge is 2.41. The highest BCUT2D eigenvalue weighted by Crippen LogP contribution is 2.34. The number of rotatable bonds is 5. The number of nitrogens with zero attached hydrogens (tertiary/aromatic N) is 2. The van der Waals surface area contributed by atoms with Gasteiger partial charge >= 0.3 is 0 Å². The molecular weight excluding hydrogens is 474 g/mol. The SMILES string of the molecule is CN=C(NCc1ccc(Oc2ccc(F)cc2)nc1)NC1CC2CCC1O2.I. The Kier molecular flexibility index (Phi) is 7.06. The lowest BCUT2D eigenvalue weighted by Gasteiger charge is -2.22. The monoisotopic (exact) mass is 498 g/mol. The van der Waals surface area contributed by atoms with Crippen molar-refractivity contribution in [2.45, 2.75) is 44.1 Å². The van der Waals surface area contributed by atoms with Crippen LogP contribution >= 0.6 is 24.0 Å². The minimum absolute atomic E-state index is 0. The second-order valence-corrected chi connectivity index (χ2v) is 6.85. The molecule has 2 saturated heterocycles. The van der Waals surface area contributed by atoms with Gasteiger partial charge in [0, 0.05) is 25.9 Å². The summed E-state index contributed by atoms with van der Waals surface area (Å²) in [5, 5.41) is 6.76. The van der Waals surface area contributed by atoms with Crippen LogP contribution in [0.25, 0.3) is 0 Å². The normalized spacial score (nSPS) is 23.2. The minimum Gasteiger partial charge on any atom is -0.439 e. The molecule has 150 valence electrons. The van der Waals surface area contributed by atoms with E-state index in [9.17, 15) is 4.39 Å². The molecule has 3 unspecified atom stereocenters. The first-order valence-corrected chi connectivity index (χ1v) is 9.20. The zero-order valence-electron chi connectivity index (χ0n) is 15.6. The van der Waals surface area contributed by atoms with Crippen molar-refractivity contribution in [3.63, 3.8) is 0 Å². The number of guanidine groups is 1. The highest BCUT2D eigenvalue weighted by molar-refractivity contribution is 14.0. The number of pyridine rings is 1. The van der Waals surface area contributed by atoms with E-state index in [-0.39, 0.29) is 29.8 Å². The Hall–Kier alpha value is -1.94. The van der Waals surface area contributed by atoms with E-state index in [2.05, 4.69) is 20.6 Å². The predicted molar refractivity (Wildman–Crippen MR) is 116 cm³/mol. The van der Waals surface area contributed by atoms with Crippen molar-refractivity contribution in [3.8, 4) is 11.6 Å². The van der Waals surface area contributed by atoms with E-state index in [0.29, 0.717) is 36.4 Å². The summed E-state index contributed by atoms with van der Waals surface area (Å²) in [6, 6.07) is 9.91. The molecule has 28 heavy (non-hydrogen) atoms. The molecule has 0 spiro atoms. The Bertz CT molecular complexity index is 801. The molecule has 2 aliphatic heterocycles. The summed E-state index contributed by atoms with van der Waals surface area (Å²) in [5.41, 5.74) is 1.01. The second-order valence-electron chi connectivity index (χ2n) is 6.85. The van der Waals surface area contributed by atoms with E-state index >= 15 is 0 Å². The molecule has 1 aromatic carbocycles. The number of fused-ring (bicyclic) bond motifs is 2. The van der Waals surface area contributed by atoms with E-state index in [1.54, 1.807) is 31.4 Å². The number of nitrogens with one attached hydrogen (secondary N) is 2. The Morgan fingerprint density at radius 1 is 1.25 bits per heavy atom. The van der Waals surface area contributed by atoms with Crippen LogP contribution in [0.3, 0.4) is 0 Å². The Morgan fingerprint density at radius 2 is 2.07 bits per heavy atom. The van der Waals surface area contributed by atoms with Gasteiger partial charge in [-0.25, -0.2) is 9.37 Å². The summed E-state index contributed by atoms with van der Waals surface area (Å²) < 4.78 is 24.4. The summed E-state index contributed by atoms with van der Waals surface area (Å²) in [5.74, 6) is 1.48. The lowest BCUT2D eigenvalue weighted by molar-refractivity contribution is 0.0992. The van der Waals surface area contributed by atoms with E-state index < -0.39 is 0 Å². The molecule has 3 heterocycles. The number of hydrogen-bond acceptors (Lipinski definition) is 4. The van der Waals surface area contributed by atoms with Crippen LogP contribution in [0.5, 0.6) is 11.6 Å². The van der Waals surface area contributed by atoms with Gasteiger partial charge in [-0.05, 0) is 49.1 Å². The third-order valence-corrected chi connectivity index (χ3v) is 4.95. The standard InChI is InChI=1S/C20H23FN4O2.HI/c1-22-20(25-17-10-16-7-8-18(17)26-16)24-12-13-2-9-19(23-11-13)27-15-5-3-14(21)4-6-15;/h2-6,9,11,16-18H,7-8,10,12H2,1H3,(H2,22,24,25);1H. The van der Waals surface area contributed by atoms with Gasteiger partial charge in [-0.2, -0.15) is 0 Å². The third kappa shape index (κ3) is 5.11. The van der Waals surface area contributed by atoms with Crippen LogP contribution in [0, 0.1) is 5.82 Å². The van der Waals surface area contributed by atoms with Crippen LogP contribution in [0.2, 0.25) is 0 Å². The number of hydrogen-bond donors (Lipinski definition) is 2. The van der Waals surface area contributed by atoms with Gasteiger partial charge in [0.05, 0.1) is 18.2 Å². The predicted octanol–water partition coefficient (Wildman–Crippen LogP) is 3.62. The van der Waals surface area contributed by atoms with Crippen LogP contribution in [-0.2, 0) is 11.3 Å². The Balaban J connectivity index is 0.00000225. The topological polar surface area (TPSA) is 67.8 Å². The van der Waals surface area contributed by atoms with E-state index in [1.807, 2.05) is 6.07 Å². The molecule has 2 N–H and O–H groups in total. The van der Waals surface area contributed by atoms with Crippen LogP contribution in [-0.4, -0.2) is 36.2 Å². The molecule has 2 fully saturated rings. The fourth-order valence-corrected chi connectivity index (χ4v) is 3.55. The fourth-order valence-electron chi connectivity index (χ4n) is 3.55. The van der Waals surface area contributed by atoms with Crippen molar-refractivity contribution in [2.75, 3.05) is 7.05 Å². The van der Waals surface area contributed by atoms with Crippen molar-refractivity contribution in [3.05, 3.63) is 54.0 Å². The largest absolute Gasteiger partial charge is 0.439 e. The van der Waals surface area contributed by atoms with Gasteiger partial charge in [-0.15, -0.1) is 24.0 Å². The lowest BCUT2D eigenvalue weighted by Crippen LogP contribution is -2.47. The minimum atomic E-state index is -0.296. The van der Waals surface area contributed by atoms with Gasteiger partial charge in [0.25, 0.3) is 0 Å². The molecule has 3 atom stereocenters. The van der Waals surface area contributed by atoms with Crippen LogP contribution in [0.15, 0.2) is 47.6 Å². The summed E-state index contributed by atoms with van der Waals surface area (Å²) in [6.45, 7) is 0.602. The molecule has 2 aromatic rings. The van der Waals surface area contributed by atoms with Crippen molar-refractivity contribution in [1.82, 2.24) is 15.6 Å². The zero-order chi connectivity index (χ0) is 18.6. The molecule has 0 saturated carbocycles. The van der Waals surface area contributed by atoms with Gasteiger partial charge < -0.3 is 20.1 Å². The molecule has 8 heteroatoms.